The van der Waals surface area contributed by atoms with Crippen molar-refractivity contribution in [3.8, 4) is 0 Å². The van der Waals surface area contributed by atoms with E-state index in [4.69, 9.17) is 4.74 Å². The minimum Gasteiger partial charge on any atom is -0.370 e. The lowest BCUT2D eigenvalue weighted by Crippen LogP contribution is -2.45. The quantitative estimate of drug-likeness (QED) is 0.853. The molecule has 2 aromatic heterocycles. The van der Waals surface area contributed by atoms with Gasteiger partial charge in [0.15, 0.2) is 0 Å². The van der Waals surface area contributed by atoms with E-state index in [2.05, 4.69) is 22.9 Å². The van der Waals surface area contributed by atoms with E-state index in [1.165, 1.54) is 15.3 Å². The van der Waals surface area contributed by atoms with Crippen molar-refractivity contribution in [1.82, 2.24) is 9.88 Å². The summed E-state index contributed by atoms with van der Waals surface area (Å²) in [7, 11) is 0. The lowest BCUT2D eigenvalue weighted by molar-refractivity contribution is -0.0980. The topological polar surface area (TPSA) is 25.4 Å². The third-order valence-corrected chi connectivity index (χ3v) is 7.04. The van der Waals surface area contributed by atoms with Gasteiger partial charge in [-0.25, -0.2) is 0 Å². The highest BCUT2D eigenvalue weighted by molar-refractivity contribution is 7.12. The van der Waals surface area contributed by atoms with Crippen LogP contribution >= 0.6 is 22.7 Å². The third-order valence-electron chi connectivity index (χ3n) is 4.93. The van der Waals surface area contributed by atoms with Crippen LogP contribution in [0, 0.1) is 0 Å². The molecule has 2 aromatic rings. The lowest BCUT2D eigenvalue weighted by atomic mass is 9.82. The van der Waals surface area contributed by atoms with E-state index in [1.807, 2.05) is 23.0 Å². The number of thiazole rings is 1. The Morgan fingerprint density at radius 3 is 2.91 bits per heavy atom. The van der Waals surface area contributed by atoms with Crippen molar-refractivity contribution in [3.05, 3.63) is 38.0 Å². The fourth-order valence-corrected chi connectivity index (χ4v) is 5.49. The zero-order valence-electron chi connectivity index (χ0n) is 13.0. The average molecular weight is 335 g/mol. The van der Waals surface area contributed by atoms with Crippen LogP contribution < -0.4 is 0 Å². The summed E-state index contributed by atoms with van der Waals surface area (Å²) in [6.45, 7) is 6.43. The average Bonchev–Trinajstić information content (AvgIpc) is 3.19. The molecule has 1 saturated heterocycles. The zero-order chi connectivity index (χ0) is 15.0. The van der Waals surface area contributed by atoms with E-state index >= 15 is 0 Å². The molecule has 2 aliphatic rings. The van der Waals surface area contributed by atoms with E-state index in [1.54, 1.807) is 16.2 Å². The van der Waals surface area contributed by atoms with Gasteiger partial charge in [-0.15, -0.1) is 22.7 Å². The van der Waals surface area contributed by atoms with Crippen LogP contribution in [0.25, 0.3) is 0 Å². The molecule has 0 saturated carbocycles. The van der Waals surface area contributed by atoms with Crippen LogP contribution in [0.3, 0.4) is 0 Å². The van der Waals surface area contributed by atoms with Crippen LogP contribution in [-0.2, 0) is 29.7 Å². The number of rotatable bonds is 3. The lowest BCUT2D eigenvalue weighted by Gasteiger charge is -2.44. The number of piperidine rings is 1. The molecule has 1 spiro atoms. The van der Waals surface area contributed by atoms with Crippen molar-refractivity contribution in [2.24, 2.45) is 0 Å². The molecule has 0 aromatic carbocycles. The molecule has 0 atom stereocenters. The second-order valence-electron chi connectivity index (χ2n) is 6.24. The number of likely N-dealkylation sites (tertiary alicyclic amines) is 1. The van der Waals surface area contributed by atoms with Gasteiger partial charge in [-0.2, -0.15) is 0 Å². The summed E-state index contributed by atoms with van der Waals surface area (Å²) in [6.07, 6.45) is 6.49. The predicted octanol–water partition coefficient (Wildman–Crippen LogP) is 3.83. The van der Waals surface area contributed by atoms with Crippen molar-refractivity contribution >= 4 is 22.7 Å². The number of aromatic nitrogens is 1. The first-order valence-corrected chi connectivity index (χ1v) is 9.84. The molecule has 4 rings (SSSR count). The summed E-state index contributed by atoms with van der Waals surface area (Å²) < 4.78 is 6.34. The fourth-order valence-electron chi connectivity index (χ4n) is 3.67. The van der Waals surface area contributed by atoms with Gasteiger partial charge in [-0.3, -0.25) is 9.88 Å². The Balaban J connectivity index is 1.50. The van der Waals surface area contributed by atoms with Gasteiger partial charge < -0.3 is 4.74 Å². The van der Waals surface area contributed by atoms with Gasteiger partial charge in [0.05, 0.1) is 17.7 Å². The van der Waals surface area contributed by atoms with Gasteiger partial charge in [-0.05, 0) is 30.9 Å². The predicted molar refractivity (Wildman–Crippen MR) is 91.7 cm³/mol. The first-order valence-electron chi connectivity index (χ1n) is 8.15. The largest absolute Gasteiger partial charge is 0.370 e. The molecule has 5 heteroatoms. The highest BCUT2D eigenvalue weighted by atomic mass is 32.1. The van der Waals surface area contributed by atoms with Crippen molar-refractivity contribution in [1.29, 1.82) is 0 Å². The molecule has 3 nitrogen and oxygen atoms in total. The number of ether oxygens (including phenoxy) is 1. The number of hydrogen-bond acceptors (Lipinski definition) is 5. The van der Waals surface area contributed by atoms with Crippen LogP contribution in [0.5, 0.6) is 0 Å². The standard InChI is InChI=1S/C17H22N2OS2/c1-2-13-9-15-16(22-13)3-8-20-17(15)4-6-19(7-5-17)11-14-10-18-12-21-14/h9-10,12H,2-8,11H2,1H3. The molecule has 2 aliphatic heterocycles. The van der Waals surface area contributed by atoms with Gasteiger partial charge in [0.1, 0.15) is 0 Å². The molecule has 0 aliphatic carbocycles. The van der Waals surface area contributed by atoms with E-state index in [9.17, 15) is 0 Å². The first-order chi connectivity index (χ1) is 10.8. The van der Waals surface area contributed by atoms with Crippen LogP contribution in [0.1, 0.15) is 40.0 Å². The SMILES string of the molecule is CCc1cc2c(s1)CCOC21CCN(Cc2cncs2)CC1. The van der Waals surface area contributed by atoms with Crippen molar-refractivity contribution in [2.75, 3.05) is 19.7 Å². The second kappa shape index (κ2) is 6.04. The van der Waals surface area contributed by atoms with Crippen LogP contribution in [0.15, 0.2) is 17.8 Å². The first kappa shape index (κ1) is 14.8. The molecule has 0 bridgehead atoms. The zero-order valence-corrected chi connectivity index (χ0v) is 14.6. The van der Waals surface area contributed by atoms with Crippen LogP contribution in [0.2, 0.25) is 0 Å². The van der Waals surface area contributed by atoms with Gasteiger partial charge in [0.25, 0.3) is 0 Å². The molecule has 118 valence electrons. The van der Waals surface area contributed by atoms with Crippen molar-refractivity contribution < 1.29 is 4.74 Å². The third kappa shape index (κ3) is 2.64. The summed E-state index contributed by atoms with van der Waals surface area (Å²) in [5, 5.41) is 0. The number of thiophene rings is 1. The van der Waals surface area contributed by atoms with Crippen molar-refractivity contribution in [3.63, 3.8) is 0 Å². The van der Waals surface area contributed by atoms with E-state index in [0.717, 1.165) is 51.9 Å². The normalized spacial score (nSPS) is 21.1. The summed E-state index contributed by atoms with van der Waals surface area (Å²) in [5.74, 6) is 0. The van der Waals surface area contributed by atoms with Crippen LogP contribution in [0.4, 0.5) is 0 Å². The summed E-state index contributed by atoms with van der Waals surface area (Å²) in [5.41, 5.74) is 3.44. The number of hydrogen-bond donors (Lipinski definition) is 0. The summed E-state index contributed by atoms with van der Waals surface area (Å²) >= 11 is 3.76. The Kier molecular flexibility index (Phi) is 4.07. The molecule has 0 radical (unpaired) electrons. The van der Waals surface area contributed by atoms with E-state index in [0.29, 0.717) is 0 Å². The van der Waals surface area contributed by atoms with Gasteiger partial charge in [-0.1, -0.05) is 6.92 Å². The minimum atomic E-state index is 0.00169. The molecule has 22 heavy (non-hydrogen) atoms. The highest BCUT2D eigenvalue weighted by Gasteiger charge is 2.41. The van der Waals surface area contributed by atoms with Gasteiger partial charge >= 0.3 is 0 Å². The summed E-state index contributed by atoms with van der Waals surface area (Å²) in [6, 6.07) is 2.43. The Labute approximate surface area is 140 Å². The molecule has 1 fully saturated rings. The Morgan fingerprint density at radius 1 is 1.32 bits per heavy atom. The van der Waals surface area contributed by atoms with Crippen LogP contribution in [-0.4, -0.2) is 29.6 Å². The second-order valence-corrected chi connectivity index (χ2v) is 8.43. The maximum absolute atomic E-state index is 6.34. The Bertz CT molecular complexity index is 627. The molecular weight excluding hydrogens is 312 g/mol. The Hall–Kier alpha value is -0.750. The molecule has 0 amide bonds. The monoisotopic (exact) mass is 334 g/mol. The minimum absolute atomic E-state index is 0.00169. The molecular formula is C17H22N2OS2. The maximum Gasteiger partial charge on any atom is 0.0966 e. The number of fused-ring (bicyclic) bond motifs is 2. The molecule has 0 N–H and O–H groups in total. The van der Waals surface area contributed by atoms with Crippen molar-refractivity contribution in [2.45, 2.75) is 44.8 Å². The summed E-state index contributed by atoms with van der Waals surface area (Å²) in [4.78, 5) is 11.2. The molecule has 0 unspecified atom stereocenters. The Morgan fingerprint density at radius 2 is 2.18 bits per heavy atom. The molecule has 4 heterocycles. The maximum atomic E-state index is 6.34. The fraction of sp³-hybridized carbons (Fsp3) is 0.588. The van der Waals surface area contributed by atoms with Gasteiger partial charge in [0, 0.05) is 46.9 Å². The van der Waals surface area contributed by atoms with Gasteiger partial charge in [0.2, 0.25) is 0 Å². The van der Waals surface area contributed by atoms with E-state index in [-0.39, 0.29) is 5.60 Å². The highest BCUT2D eigenvalue weighted by Crippen LogP contribution is 2.44. The number of nitrogens with zero attached hydrogens (tertiary/aromatic N) is 2. The smallest absolute Gasteiger partial charge is 0.0966 e. The van der Waals surface area contributed by atoms with E-state index < -0.39 is 0 Å². The number of aryl methyl sites for hydroxylation is 1.